The third-order valence-corrected chi connectivity index (χ3v) is 14.1. The molecule has 0 aromatic heterocycles. The Hall–Kier alpha value is -8.33. The molecule has 10 atom stereocenters. The number of phenolic OH excluding ortho intramolecular Hbond substituents is 2. The maximum atomic E-state index is 14.7. The summed E-state index contributed by atoms with van der Waals surface area (Å²) < 4.78 is 5.85. The number of benzene rings is 3. The highest BCUT2D eigenvalue weighted by Crippen LogP contribution is 2.20. The predicted octanol–water partition coefficient (Wildman–Crippen LogP) is 3.98. The average molecular weight is 1110 g/mol. The predicted molar refractivity (Wildman–Crippen MR) is 297 cm³/mol. The number of nitrogens with zero attached hydrogens (tertiary/aromatic N) is 1. The normalized spacial score (nSPS) is 23.7. The summed E-state index contributed by atoms with van der Waals surface area (Å²) in [5.41, 5.74) is 2.90. The molecule has 3 aromatic rings. The van der Waals surface area contributed by atoms with Crippen LogP contribution in [0.15, 0.2) is 115 Å². The van der Waals surface area contributed by atoms with Crippen molar-refractivity contribution in [1.82, 2.24) is 36.8 Å². The number of aryl methyl sites for hydroxylation is 2. The molecule has 1 aliphatic heterocycles. The molecule has 1 saturated heterocycles. The van der Waals surface area contributed by atoms with Crippen LogP contribution in [0.25, 0.3) is 0 Å². The van der Waals surface area contributed by atoms with E-state index in [1.54, 1.807) is 43.5 Å². The van der Waals surface area contributed by atoms with E-state index in [1.807, 2.05) is 50.3 Å². The first kappa shape index (κ1) is 64.2. The zero-order valence-electron chi connectivity index (χ0n) is 46.4. The summed E-state index contributed by atoms with van der Waals surface area (Å²) in [7, 11) is 2.82. The van der Waals surface area contributed by atoms with E-state index in [9.17, 15) is 63.6 Å². The van der Waals surface area contributed by atoms with Crippen molar-refractivity contribution in [2.24, 2.45) is 17.8 Å². The Balaban J connectivity index is 1.77. The lowest BCUT2D eigenvalue weighted by Gasteiger charge is -2.28. The van der Waals surface area contributed by atoms with Gasteiger partial charge in [-0.1, -0.05) is 106 Å². The summed E-state index contributed by atoms with van der Waals surface area (Å²) in [6.45, 7) is 11.4. The van der Waals surface area contributed by atoms with Crippen molar-refractivity contribution in [3.05, 3.63) is 132 Å². The molecule has 7 amide bonds. The van der Waals surface area contributed by atoms with Gasteiger partial charge in [0.15, 0.2) is 0 Å². The maximum Gasteiger partial charge on any atom is 0.327 e. The van der Waals surface area contributed by atoms with Crippen LogP contribution < -0.4 is 31.9 Å². The summed E-state index contributed by atoms with van der Waals surface area (Å²) in [5, 5.41) is 55.7. The zero-order valence-corrected chi connectivity index (χ0v) is 46.4. The molecule has 3 aromatic carbocycles. The van der Waals surface area contributed by atoms with E-state index in [0.29, 0.717) is 24.8 Å². The summed E-state index contributed by atoms with van der Waals surface area (Å²) >= 11 is 0. The molecule has 80 heavy (non-hydrogen) atoms. The summed E-state index contributed by atoms with van der Waals surface area (Å²) in [4.78, 5) is 124. The van der Waals surface area contributed by atoms with Crippen LogP contribution in [0.5, 0.6) is 11.5 Å². The highest BCUT2D eigenvalue weighted by molar-refractivity contribution is 6.00. The molecule has 1 heterocycles. The van der Waals surface area contributed by atoms with Crippen LogP contribution in [0.1, 0.15) is 89.8 Å². The van der Waals surface area contributed by atoms with Gasteiger partial charge in [-0.15, -0.1) is 0 Å². The third kappa shape index (κ3) is 20.2. The van der Waals surface area contributed by atoms with Crippen LogP contribution in [0, 0.1) is 17.8 Å². The minimum absolute atomic E-state index is 0.0309. The Bertz CT molecular complexity index is 2710. The number of allylic oxidation sites excluding steroid dienone is 2. The van der Waals surface area contributed by atoms with Gasteiger partial charge in [0.1, 0.15) is 47.4 Å². The van der Waals surface area contributed by atoms with Crippen molar-refractivity contribution < 1.29 is 68.3 Å². The number of phenols is 2. The number of hydrogen-bond acceptors (Lipinski definition) is 12. The number of hydrogen-bond donors (Lipinski definition) is 10. The summed E-state index contributed by atoms with van der Waals surface area (Å²) in [5.74, 6) is -12.2. The lowest BCUT2D eigenvalue weighted by molar-refractivity contribution is -0.146. The molecule has 0 aliphatic carbocycles. The topological polar surface area (TPSA) is 319 Å². The number of carboxylic acid groups (broad SMARTS) is 2. The van der Waals surface area contributed by atoms with E-state index in [-0.39, 0.29) is 49.2 Å². The third-order valence-electron chi connectivity index (χ3n) is 14.1. The lowest BCUT2D eigenvalue weighted by atomic mass is 9.94. The number of methoxy groups -OCH3 is 1. The SMILES string of the molecule is C=C1C(=O)N[C@H](C)C(=O)N[C@@H](CCCc2ccc(O)cc2)C(=O)N[C@@H](C(=O)O)[C@H](C)C(=O)N[C@@H](CCCc2ccc(O)cc2)C(=O)N[C@@H](/C=C/C(C)=C/[C@H](C)[C@H](Cc2ccccc2)OC)[C@H](C)C(=O)N[C@@H](C(=O)O)CCC(=O)N1C. The van der Waals surface area contributed by atoms with Gasteiger partial charge >= 0.3 is 11.9 Å². The van der Waals surface area contributed by atoms with Crippen LogP contribution in [0.2, 0.25) is 0 Å². The number of ether oxygens (including phenoxy) is 1. The molecule has 0 radical (unpaired) electrons. The first-order chi connectivity index (χ1) is 37.9. The largest absolute Gasteiger partial charge is 0.508 e. The number of carbonyl (C=O) groups is 9. The van der Waals surface area contributed by atoms with Crippen molar-refractivity contribution in [2.75, 3.05) is 14.2 Å². The molecule has 432 valence electrons. The molecular formula is C59H77N7O14. The Kier molecular flexibility index (Phi) is 25.1. The Morgan fingerprint density at radius 3 is 1.74 bits per heavy atom. The number of carboxylic acids is 2. The van der Waals surface area contributed by atoms with Crippen molar-refractivity contribution in [3.8, 4) is 11.5 Å². The fourth-order valence-corrected chi connectivity index (χ4v) is 8.86. The molecule has 0 unspecified atom stereocenters. The highest BCUT2D eigenvalue weighted by Gasteiger charge is 2.37. The van der Waals surface area contributed by atoms with Gasteiger partial charge in [0.05, 0.1) is 24.0 Å². The number of aliphatic carboxylic acids is 2. The van der Waals surface area contributed by atoms with Crippen molar-refractivity contribution in [3.63, 3.8) is 0 Å². The number of amides is 7. The molecule has 0 bridgehead atoms. The highest BCUT2D eigenvalue weighted by atomic mass is 16.5. The van der Waals surface area contributed by atoms with E-state index in [2.05, 4.69) is 38.5 Å². The van der Waals surface area contributed by atoms with Gasteiger partial charge in [0.25, 0.3) is 5.91 Å². The van der Waals surface area contributed by atoms with Crippen LogP contribution in [-0.4, -0.2) is 135 Å². The van der Waals surface area contributed by atoms with Crippen molar-refractivity contribution in [1.29, 1.82) is 0 Å². The second-order valence-electron chi connectivity index (χ2n) is 20.3. The number of nitrogens with one attached hydrogen (secondary N) is 6. The van der Waals surface area contributed by atoms with E-state index < -0.39 is 120 Å². The van der Waals surface area contributed by atoms with Gasteiger partial charge in [0.2, 0.25) is 35.4 Å². The average Bonchev–Trinajstić information content (AvgIpc) is 3.44. The first-order valence-corrected chi connectivity index (χ1v) is 26.6. The maximum absolute atomic E-state index is 14.7. The van der Waals surface area contributed by atoms with Crippen LogP contribution in [0.4, 0.5) is 0 Å². The number of likely N-dealkylation sites (N-methyl/N-ethyl adjacent to an activating group) is 1. The molecule has 1 aliphatic rings. The van der Waals surface area contributed by atoms with Crippen LogP contribution in [0.3, 0.4) is 0 Å². The molecule has 0 saturated carbocycles. The van der Waals surface area contributed by atoms with E-state index in [4.69, 9.17) is 4.74 Å². The van der Waals surface area contributed by atoms with Gasteiger partial charge < -0.3 is 62.0 Å². The second kappa shape index (κ2) is 31.3. The fraction of sp³-hybridized carbons (Fsp3) is 0.441. The number of aromatic hydroxyl groups is 2. The molecule has 10 N–H and O–H groups in total. The number of carbonyl (C=O) groups excluding carboxylic acids is 7. The van der Waals surface area contributed by atoms with Gasteiger partial charge in [-0.3, -0.25) is 33.6 Å². The standard InChI is InChI=1S/C59H77N7O14/c1-34(32-35(2)49(80-8)33-42-14-10-9-11-15-42)20-29-45-36(3)52(70)64-48(58(76)77)30-31-50(69)66(7)39(6)55(73)60-38(5)54(72)63-47(19-13-17-41-23-27-44(68)28-24-41)57(75)65-51(59(78)79)37(4)53(71)62-46(56(74)61-45)18-12-16-40-21-25-43(67)26-22-40/h9-11,14-15,20-29,32,35-38,45-49,51,67-68H,6,12-13,16-19,30-31,33H2,1-5,7-8H3,(H,60,73)(H,61,74)(H,62,71)(H,63,72)(H,64,70)(H,65,75)(H,76,77)(H,78,79)/b29-20+,34-32+/t35-,36-,37-,38+,45-,46-,47-,48+,49-,51+/m0/s1. The first-order valence-electron chi connectivity index (χ1n) is 26.6. The molecule has 0 spiro atoms. The molecule has 21 nitrogen and oxygen atoms in total. The monoisotopic (exact) mass is 1110 g/mol. The Morgan fingerprint density at radius 2 is 1.21 bits per heavy atom. The molecule has 1 fully saturated rings. The molecule has 21 heteroatoms. The minimum atomic E-state index is -1.92. The van der Waals surface area contributed by atoms with Gasteiger partial charge in [-0.2, -0.15) is 0 Å². The quantitative estimate of drug-likeness (QED) is 0.0676. The smallest absolute Gasteiger partial charge is 0.327 e. The second-order valence-corrected chi connectivity index (χ2v) is 20.3. The van der Waals surface area contributed by atoms with Gasteiger partial charge in [-0.05, 0) is 106 Å². The van der Waals surface area contributed by atoms with Crippen molar-refractivity contribution in [2.45, 2.75) is 135 Å². The molecular weight excluding hydrogens is 1030 g/mol. The van der Waals surface area contributed by atoms with Crippen LogP contribution >= 0.6 is 0 Å². The Morgan fingerprint density at radius 1 is 0.688 bits per heavy atom. The fourth-order valence-electron chi connectivity index (χ4n) is 8.86. The molecule has 4 rings (SSSR count). The zero-order chi connectivity index (χ0) is 59.2. The van der Waals surface area contributed by atoms with E-state index in [0.717, 1.165) is 21.6 Å². The minimum Gasteiger partial charge on any atom is -0.508 e. The van der Waals surface area contributed by atoms with Gasteiger partial charge in [-0.25, -0.2) is 9.59 Å². The summed E-state index contributed by atoms with van der Waals surface area (Å²) in [6, 6.07) is 13.5. The van der Waals surface area contributed by atoms with Crippen LogP contribution in [-0.2, 0) is 67.2 Å². The summed E-state index contributed by atoms with van der Waals surface area (Å²) in [6.07, 6.45) is 5.74. The Labute approximate surface area is 466 Å². The number of rotatable bonds is 17. The van der Waals surface area contributed by atoms with E-state index in [1.165, 1.54) is 52.1 Å². The van der Waals surface area contributed by atoms with Gasteiger partial charge in [0, 0.05) is 26.5 Å². The van der Waals surface area contributed by atoms with E-state index >= 15 is 0 Å². The lowest BCUT2D eigenvalue weighted by Crippen LogP contribution is -2.59. The van der Waals surface area contributed by atoms with Crippen molar-refractivity contribution >= 4 is 53.3 Å².